The van der Waals surface area contributed by atoms with Crippen LogP contribution in [0.25, 0.3) is 0 Å². The minimum atomic E-state index is -0.445. The summed E-state index contributed by atoms with van der Waals surface area (Å²) in [5, 5.41) is 9.59. The van der Waals surface area contributed by atoms with Crippen LogP contribution in [-0.2, 0) is 4.74 Å². The molecule has 0 bridgehead atoms. The van der Waals surface area contributed by atoms with Crippen molar-refractivity contribution in [3.8, 4) is 5.75 Å². The Bertz CT molecular complexity index is 459. The fourth-order valence-electron chi connectivity index (χ4n) is 2.59. The predicted octanol–water partition coefficient (Wildman–Crippen LogP) is 2.54. The van der Waals surface area contributed by atoms with Crippen molar-refractivity contribution in [1.29, 1.82) is 0 Å². The van der Waals surface area contributed by atoms with E-state index in [4.69, 9.17) is 9.47 Å². The third-order valence-electron chi connectivity index (χ3n) is 4.01. The van der Waals surface area contributed by atoms with Crippen LogP contribution in [0.4, 0.5) is 0 Å². The molecule has 1 aromatic rings. The molecule has 2 rings (SSSR count). The first kappa shape index (κ1) is 16.3. The Hall–Kier alpha value is -1.10. The molecule has 1 aliphatic rings. The molecule has 0 aromatic heterocycles. The number of nitrogens with zero attached hydrogens (tertiary/aromatic N) is 1. The van der Waals surface area contributed by atoms with Crippen molar-refractivity contribution in [2.24, 2.45) is 0 Å². The van der Waals surface area contributed by atoms with Crippen LogP contribution in [-0.4, -0.2) is 48.5 Å². The van der Waals surface area contributed by atoms with E-state index in [0.717, 1.165) is 36.6 Å². The summed E-state index contributed by atoms with van der Waals surface area (Å²) in [6.45, 7) is 11.4. The fourth-order valence-corrected chi connectivity index (χ4v) is 2.59. The van der Waals surface area contributed by atoms with Crippen LogP contribution in [0.5, 0.6) is 5.75 Å². The molecular formula is C17H27NO3. The number of ether oxygens (including phenoxy) is 2. The SMILES string of the molecule is Cc1cc([C@H](C)O)ccc1OCC1CN(C(C)C)CCO1. The van der Waals surface area contributed by atoms with E-state index in [2.05, 4.69) is 18.7 Å². The van der Waals surface area contributed by atoms with E-state index in [-0.39, 0.29) is 6.10 Å². The molecule has 1 heterocycles. The van der Waals surface area contributed by atoms with Crippen LogP contribution in [0.3, 0.4) is 0 Å². The van der Waals surface area contributed by atoms with Gasteiger partial charge in [-0.2, -0.15) is 0 Å². The molecule has 2 atom stereocenters. The van der Waals surface area contributed by atoms with Gasteiger partial charge in [-0.05, 0) is 51.0 Å². The second-order valence-electron chi connectivity index (χ2n) is 6.09. The summed E-state index contributed by atoms with van der Waals surface area (Å²) in [4.78, 5) is 2.42. The van der Waals surface area contributed by atoms with Crippen molar-refractivity contribution < 1.29 is 14.6 Å². The fraction of sp³-hybridized carbons (Fsp3) is 0.647. The zero-order valence-electron chi connectivity index (χ0n) is 13.5. The van der Waals surface area contributed by atoms with Crippen molar-refractivity contribution in [2.45, 2.75) is 45.9 Å². The lowest BCUT2D eigenvalue weighted by atomic mass is 10.1. The van der Waals surface area contributed by atoms with Gasteiger partial charge in [-0.3, -0.25) is 4.90 Å². The summed E-state index contributed by atoms with van der Waals surface area (Å²) < 4.78 is 11.7. The quantitative estimate of drug-likeness (QED) is 0.906. The molecule has 1 unspecified atom stereocenters. The van der Waals surface area contributed by atoms with Crippen molar-refractivity contribution >= 4 is 0 Å². The average molecular weight is 293 g/mol. The number of aliphatic hydroxyl groups excluding tert-OH is 1. The lowest BCUT2D eigenvalue weighted by Crippen LogP contribution is -2.47. The summed E-state index contributed by atoms with van der Waals surface area (Å²) in [6, 6.07) is 6.36. The summed E-state index contributed by atoms with van der Waals surface area (Å²) in [7, 11) is 0. The Kier molecular flexibility index (Phi) is 5.62. The van der Waals surface area contributed by atoms with Crippen LogP contribution in [0.1, 0.15) is 38.0 Å². The van der Waals surface area contributed by atoms with Gasteiger partial charge < -0.3 is 14.6 Å². The maximum absolute atomic E-state index is 9.59. The molecule has 0 saturated carbocycles. The van der Waals surface area contributed by atoms with Gasteiger partial charge >= 0.3 is 0 Å². The van der Waals surface area contributed by atoms with Crippen molar-refractivity contribution in [1.82, 2.24) is 4.90 Å². The van der Waals surface area contributed by atoms with Crippen LogP contribution in [0.15, 0.2) is 18.2 Å². The normalized spacial score (nSPS) is 21.5. The molecule has 1 aliphatic heterocycles. The topological polar surface area (TPSA) is 41.9 Å². The molecule has 4 heteroatoms. The Labute approximate surface area is 127 Å². The Balaban J connectivity index is 1.91. The van der Waals surface area contributed by atoms with E-state index in [1.807, 2.05) is 25.1 Å². The van der Waals surface area contributed by atoms with Gasteiger partial charge in [0.1, 0.15) is 18.5 Å². The molecule has 1 N–H and O–H groups in total. The first-order chi connectivity index (χ1) is 9.97. The van der Waals surface area contributed by atoms with Crippen LogP contribution >= 0.6 is 0 Å². The number of aliphatic hydroxyl groups is 1. The zero-order chi connectivity index (χ0) is 15.4. The highest BCUT2D eigenvalue weighted by Gasteiger charge is 2.22. The van der Waals surface area contributed by atoms with E-state index < -0.39 is 6.10 Å². The van der Waals surface area contributed by atoms with Gasteiger partial charge in [-0.15, -0.1) is 0 Å². The smallest absolute Gasteiger partial charge is 0.122 e. The van der Waals surface area contributed by atoms with Crippen molar-refractivity contribution in [3.05, 3.63) is 29.3 Å². The van der Waals surface area contributed by atoms with Crippen LogP contribution in [0.2, 0.25) is 0 Å². The minimum Gasteiger partial charge on any atom is -0.491 e. The number of hydrogen-bond acceptors (Lipinski definition) is 4. The van der Waals surface area contributed by atoms with Crippen LogP contribution < -0.4 is 4.74 Å². The number of aryl methyl sites for hydroxylation is 1. The van der Waals surface area contributed by atoms with E-state index in [1.54, 1.807) is 6.92 Å². The van der Waals surface area contributed by atoms with Gasteiger partial charge in [0.25, 0.3) is 0 Å². The van der Waals surface area contributed by atoms with E-state index in [1.165, 1.54) is 0 Å². The van der Waals surface area contributed by atoms with Gasteiger partial charge in [0.05, 0.1) is 12.7 Å². The highest BCUT2D eigenvalue weighted by molar-refractivity contribution is 5.36. The number of rotatable bonds is 5. The number of morpholine rings is 1. The van der Waals surface area contributed by atoms with Crippen molar-refractivity contribution in [2.75, 3.05) is 26.3 Å². The number of benzene rings is 1. The summed E-state index contributed by atoms with van der Waals surface area (Å²) in [5.41, 5.74) is 1.96. The third kappa shape index (κ3) is 4.43. The Morgan fingerprint density at radius 2 is 2.14 bits per heavy atom. The van der Waals surface area contributed by atoms with Gasteiger partial charge in [0, 0.05) is 19.1 Å². The molecule has 1 aromatic carbocycles. The molecule has 1 saturated heterocycles. The molecule has 21 heavy (non-hydrogen) atoms. The zero-order valence-corrected chi connectivity index (χ0v) is 13.5. The van der Waals surface area contributed by atoms with Crippen molar-refractivity contribution in [3.63, 3.8) is 0 Å². The summed E-state index contributed by atoms with van der Waals surface area (Å²) >= 11 is 0. The predicted molar refractivity (Wildman–Crippen MR) is 83.8 cm³/mol. The summed E-state index contributed by atoms with van der Waals surface area (Å²) in [6.07, 6.45) is -0.323. The monoisotopic (exact) mass is 293 g/mol. The first-order valence-corrected chi connectivity index (χ1v) is 7.74. The lowest BCUT2D eigenvalue weighted by molar-refractivity contribution is -0.0565. The standard InChI is InChI=1S/C17H27NO3/c1-12(2)18-7-8-20-16(10-18)11-21-17-6-5-15(14(4)19)9-13(17)3/h5-6,9,12,14,16,19H,7-8,10-11H2,1-4H3/t14-,16?/m0/s1. The maximum Gasteiger partial charge on any atom is 0.122 e. The highest BCUT2D eigenvalue weighted by Crippen LogP contribution is 2.23. The largest absolute Gasteiger partial charge is 0.491 e. The molecule has 0 spiro atoms. The molecule has 0 radical (unpaired) electrons. The van der Waals surface area contributed by atoms with E-state index in [9.17, 15) is 5.11 Å². The molecule has 118 valence electrons. The molecule has 0 amide bonds. The third-order valence-corrected chi connectivity index (χ3v) is 4.01. The maximum atomic E-state index is 9.59. The second-order valence-corrected chi connectivity index (χ2v) is 6.09. The van der Waals surface area contributed by atoms with Crippen LogP contribution in [0, 0.1) is 6.92 Å². The Morgan fingerprint density at radius 3 is 2.76 bits per heavy atom. The molecule has 4 nitrogen and oxygen atoms in total. The lowest BCUT2D eigenvalue weighted by Gasteiger charge is -2.35. The first-order valence-electron chi connectivity index (χ1n) is 7.74. The Morgan fingerprint density at radius 1 is 1.38 bits per heavy atom. The van der Waals surface area contributed by atoms with Gasteiger partial charge in [0.2, 0.25) is 0 Å². The minimum absolute atomic E-state index is 0.122. The van der Waals surface area contributed by atoms with Gasteiger partial charge in [0.15, 0.2) is 0 Å². The average Bonchev–Trinajstić information content (AvgIpc) is 2.46. The van der Waals surface area contributed by atoms with Gasteiger partial charge in [-0.1, -0.05) is 6.07 Å². The van der Waals surface area contributed by atoms with E-state index >= 15 is 0 Å². The van der Waals surface area contributed by atoms with Gasteiger partial charge in [-0.25, -0.2) is 0 Å². The second kappa shape index (κ2) is 7.25. The molecule has 0 aliphatic carbocycles. The highest BCUT2D eigenvalue weighted by atomic mass is 16.5. The number of hydrogen-bond donors (Lipinski definition) is 1. The van der Waals surface area contributed by atoms with E-state index in [0.29, 0.717) is 12.6 Å². The molecule has 1 fully saturated rings. The summed E-state index contributed by atoms with van der Waals surface area (Å²) in [5.74, 6) is 0.865. The molecular weight excluding hydrogens is 266 g/mol.